The van der Waals surface area contributed by atoms with Crippen LogP contribution in [0.3, 0.4) is 0 Å². The minimum Gasteiger partial charge on any atom is -0.370 e. The molecule has 1 fully saturated rings. The minimum absolute atomic E-state index is 0.0846. The topological polar surface area (TPSA) is 63.1 Å². The summed E-state index contributed by atoms with van der Waals surface area (Å²) >= 11 is 1.73. The van der Waals surface area contributed by atoms with Crippen molar-refractivity contribution in [3.8, 4) is 0 Å². The monoisotopic (exact) mass is 341 g/mol. The molecule has 0 spiro atoms. The lowest BCUT2D eigenvalue weighted by Crippen LogP contribution is -2.44. The van der Waals surface area contributed by atoms with Crippen LogP contribution in [0.4, 0.5) is 5.69 Å². The van der Waals surface area contributed by atoms with Gasteiger partial charge in [0.15, 0.2) is 0 Å². The van der Waals surface area contributed by atoms with Crippen molar-refractivity contribution < 1.29 is 4.79 Å². The van der Waals surface area contributed by atoms with Gasteiger partial charge in [0.05, 0.1) is 15.9 Å². The lowest BCUT2D eigenvalue weighted by Gasteiger charge is -2.34. The number of piperidine rings is 1. The molecule has 0 aromatic carbocycles. The number of hydrogen-bond acceptors (Lipinski definition) is 5. The smallest absolute Gasteiger partial charge is 0.271 e. The highest BCUT2D eigenvalue weighted by molar-refractivity contribution is 7.17. The van der Waals surface area contributed by atoms with E-state index in [9.17, 15) is 4.79 Å². The van der Waals surface area contributed by atoms with Gasteiger partial charge in [-0.1, -0.05) is 0 Å². The van der Waals surface area contributed by atoms with Crippen molar-refractivity contribution in [3.05, 3.63) is 41.7 Å². The Balaban J connectivity index is 1.40. The molecule has 0 radical (unpaired) electrons. The third-order valence-electron chi connectivity index (χ3n) is 4.44. The molecule has 1 amide bonds. The van der Waals surface area contributed by atoms with E-state index in [0.29, 0.717) is 5.69 Å². The van der Waals surface area contributed by atoms with Crippen LogP contribution in [0.25, 0.3) is 10.2 Å². The molecule has 4 heterocycles. The summed E-state index contributed by atoms with van der Waals surface area (Å²) < 4.78 is 2.89. The number of pyridine rings is 1. The Labute approximate surface area is 144 Å². The van der Waals surface area contributed by atoms with Gasteiger partial charge in [-0.2, -0.15) is 5.10 Å². The predicted octanol–water partition coefficient (Wildman–Crippen LogP) is 2.43. The van der Waals surface area contributed by atoms with Crippen LogP contribution < -0.4 is 10.2 Å². The summed E-state index contributed by atoms with van der Waals surface area (Å²) in [5.74, 6) is -0.0846. The van der Waals surface area contributed by atoms with Crippen LogP contribution in [0.1, 0.15) is 23.3 Å². The number of hydrogen-bond donors (Lipinski definition) is 1. The van der Waals surface area contributed by atoms with Crippen LogP contribution in [0, 0.1) is 0 Å². The lowest BCUT2D eigenvalue weighted by atomic mass is 10.0. The Hall–Kier alpha value is -2.41. The second kappa shape index (κ2) is 6.24. The third kappa shape index (κ3) is 2.87. The Morgan fingerprint density at radius 3 is 2.88 bits per heavy atom. The van der Waals surface area contributed by atoms with Crippen molar-refractivity contribution in [1.29, 1.82) is 0 Å². The van der Waals surface area contributed by atoms with Gasteiger partial charge in [-0.3, -0.25) is 14.5 Å². The zero-order chi connectivity index (χ0) is 16.5. The summed E-state index contributed by atoms with van der Waals surface area (Å²) in [7, 11) is 1.81. The van der Waals surface area contributed by atoms with Crippen LogP contribution in [0.5, 0.6) is 0 Å². The first-order valence-electron chi connectivity index (χ1n) is 8.08. The zero-order valence-corrected chi connectivity index (χ0v) is 14.3. The van der Waals surface area contributed by atoms with Crippen LogP contribution >= 0.6 is 11.3 Å². The number of carbonyl (C=O) groups is 1. The zero-order valence-electron chi connectivity index (χ0n) is 13.5. The summed E-state index contributed by atoms with van der Waals surface area (Å²) in [6.45, 7) is 1.87. The normalized spacial score (nSPS) is 15.8. The second-order valence-electron chi connectivity index (χ2n) is 6.07. The Morgan fingerprint density at radius 1 is 1.29 bits per heavy atom. The highest BCUT2D eigenvalue weighted by Crippen LogP contribution is 2.31. The molecule has 6 nitrogen and oxygen atoms in total. The van der Waals surface area contributed by atoms with E-state index in [-0.39, 0.29) is 11.9 Å². The average molecular weight is 341 g/mol. The van der Waals surface area contributed by atoms with E-state index < -0.39 is 0 Å². The Morgan fingerprint density at radius 2 is 2.12 bits per heavy atom. The van der Waals surface area contributed by atoms with Gasteiger partial charge in [-0.05, 0) is 36.4 Å². The van der Waals surface area contributed by atoms with E-state index in [1.54, 1.807) is 28.3 Å². The highest BCUT2D eigenvalue weighted by atomic mass is 32.1. The molecule has 3 aromatic heterocycles. The largest absolute Gasteiger partial charge is 0.370 e. The highest BCUT2D eigenvalue weighted by Gasteiger charge is 2.23. The maximum Gasteiger partial charge on any atom is 0.271 e. The molecular formula is C17H19N5OS. The second-order valence-corrected chi connectivity index (χ2v) is 6.99. The van der Waals surface area contributed by atoms with Gasteiger partial charge in [-0.25, -0.2) is 0 Å². The molecule has 1 saturated heterocycles. The molecular weight excluding hydrogens is 322 g/mol. The SMILES string of the molecule is Cn1ccc(C(=O)NC2CCN(c3ccnc4ccsc34)CC2)n1. The van der Waals surface area contributed by atoms with Gasteiger partial charge in [0.1, 0.15) is 5.69 Å². The van der Waals surface area contributed by atoms with E-state index in [1.807, 2.05) is 13.2 Å². The minimum atomic E-state index is -0.0846. The first-order valence-corrected chi connectivity index (χ1v) is 8.96. The Kier molecular flexibility index (Phi) is 3.93. The molecule has 0 bridgehead atoms. The molecule has 0 atom stereocenters. The average Bonchev–Trinajstić information content (AvgIpc) is 3.24. The van der Waals surface area contributed by atoms with E-state index in [4.69, 9.17) is 0 Å². The van der Waals surface area contributed by atoms with Crippen molar-refractivity contribution >= 4 is 33.1 Å². The third-order valence-corrected chi connectivity index (χ3v) is 5.37. The molecule has 1 N–H and O–H groups in total. The standard InChI is InChI=1S/C17H19N5OS/c1-21-8-5-14(20-21)17(23)19-12-3-9-22(10-4-12)15-2-7-18-13-6-11-24-16(13)15/h2,5-8,11-12H,3-4,9-10H2,1H3,(H,19,23). The first-order chi connectivity index (χ1) is 11.7. The Bertz CT molecular complexity index is 863. The summed E-state index contributed by atoms with van der Waals surface area (Å²) in [6.07, 6.45) is 5.54. The number of aromatic nitrogens is 3. The molecule has 24 heavy (non-hydrogen) atoms. The number of nitrogens with one attached hydrogen (secondary N) is 1. The van der Waals surface area contributed by atoms with Gasteiger partial charge in [0, 0.05) is 38.6 Å². The number of thiophene rings is 1. The van der Waals surface area contributed by atoms with Crippen molar-refractivity contribution in [3.63, 3.8) is 0 Å². The molecule has 0 saturated carbocycles. The van der Waals surface area contributed by atoms with E-state index in [0.717, 1.165) is 31.4 Å². The number of nitrogens with zero attached hydrogens (tertiary/aromatic N) is 4. The molecule has 7 heteroatoms. The first kappa shape index (κ1) is 15.1. The van der Waals surface area contributed by atoms with Crippen molar-refractivity contribution in [1.82, 2.24) is 20.1 Å². The van der Waals surface area contributed by atoms with Gasteiger partial charge in [-0.15, -0.1) is 11.3 Å². The molecule has 1 aliphatic rings. The van der Waals surface area contributed by atoms with Gasteiger partial charge in [0.25, 0.3) is 5.91 Å². The van der Waals surface area contributed by atoms with Crippen LogP contribution in [0.2, 0.25) is 0 Å². The summed E-state index contributed by atoms with van der Waals surface area (Å²) in [5, 5.41) is 9.34. The molecule has 124 valence electrons. The number of rotatable bonds is 3. The maximum absolute atomic E-state index is 12.2. The number of fused-ring (bicyclic) bond motifs is 1. The summed E-state index contributed by atoms with van der Waals surface area (Å²) in [6, 6.07) is 6.10. The number of anilines is 1. The van der Waals surface area contributed by atoms with Crippen LogP contribution in [-0.2, 0) is 7.05 Å². The molecule has 0 aliphatic carbocycles. The molecule has 3 aromatic rings. The van der Waals surface area contributed by atoms with E-state index >= 15 is 0 Å². The lowest BCUT2D eigenvalue weighted by molar-refractivity contribution is 0.0925. The fraction of sp³-hybridized carbons (Fsp3) is 0.353. The van der Waals surface area contributed by atoms with Gasteiger partial charge < -0.3 is 10.2 Å². The van der Waals surface area contributed by atoms with Crippen molar-refractivity contribution in [2.75, 3.05) is 18.0 Å². The van der Waals surface area contributed by atoms with E-state index in [2.05, 4.69) is 37.8 Å². The number of aryl methyl sites for hydroxylation is 1. The van der Waals surface area contributed by atoms with Crippen LogP contribution in [0.15, 0.2) is 36.0 Å². The van der Waals surface area contributed by atoms with Gasteiger partial charge >= 0.3 is 0 Å². The van der Waals surface area contributed by atoms with Crippen molar-refractivity contribution in [2.24, 2.45) is 7.05 Å². The van der Waals surface area contributed by atoms with Gasteiger partial charge in [0.2, 0.25) is 0 Å². The molecule has 0 unspecified atom stereocenters. The van der Waals surface area contributed by atoms with E-state index in [1.165, 1.54) is 10.4 Å². The summed E-state index contributed by atoms with van der Waals surface area (Å²) in [5.41, 5.74) is 2.79. The quantitative estimate of drug-likeness (QED) is 0.795. The summed E-state index contributed by atoms with van der Waals surface area (Å²) in [4.78, 5) is 19.0. The fourth-order valence-corrected chi connectivity index (χ4v) is 4.06. The number of amides is 1. The predicted molar refractivity (Wildman–Crippen MR) is 95.5 cm³/mol. The number of carbonyl (C=O) groups excluding carboxylic acids is 1. The fourth-order valence-electron chi connectivity index (χ4n) is 3.17. The molecule has 4 rings (SSSR count). The molecule has 1 aliphatic heterocycles. The maximum atomic E-state index is 12.2. The van der Waals surface area contributed by atoms with Crippen molar-refractivity contribution in [2.45, 2.75) is 18.9 Å². The van der Waals surface area contributed by atoms with Crippen LogP contribution in [-0.4, -0.2) is 39.8 Å².